The van der Waals surface area contributed by atoms with Gasteiger partial charge in [-0.15, -0.1) is 0 Å². The Morgan fingerprint density at radius 2 is 2.14 bits per heavy atom. The number of hydrogen-bond donors (Lipinski definition) is 0. The maximum Gasteiger partial charge on any atom is 0.410 e. The monoisotopic (exact) mass is 382 g/mol. The van der Waals surface area contributed by atoms with Crippen LogP contribution in [-0.4, -0.2) is 39.5 Å². The Balaban J connectivity index is 1.59. The normalized spacial score (nSPS) is 17.1. The molecular formula is C21H26N4O3. The Kier molecular flexibility index (Phi) is 5.88. The average molecular weight is 382 g/mol. The van der Waals surface area contributed by atoms with Gasteiger partial charge in [-0.2, -0.15) is 10.4 Å². The van der Waals surface area contributed by atoms with E-state index in [4.69, 9.17) is 14.7 Å². The Bertz CT molecular complexity index is 863. The lowest BCUT2D eigenvalue weighted by Gasteiger charge is -2.34. The number of nitrogens with zero attached hydrogens (tertiary/aromatic N) is 4. The molecule has 2 heterocycles. The maximum absolute atomic E-state index is 12.3. The molecule has 0 saturated carbocycles. The highest BCUT2D eigenvalue weighted by molar-refractivity contribution is 5.68. The molecule has 0 aliphatic carbocycles. The molecule has 1 atom stereocenters. The molecule has 0 spiro atoms. The van der Waals surface area contributed by atoms with Gasteiger partial charge in [0.1, 0.15) is 17.4 Å². The van der Waals surface area contributed by atoms with Crippen LogP contribution in [0.2, 0.25) is 0 Å². The van der Waals surface area contributed by atoms with E-state index in [1.165, 1.54) is 0 Å². The Morgan fingerprint density at radius 1 is 1.36 bits per heavy atom. The summed E-state index contributed by atoms with van der Waals surface area (Å²) in [6.07, 6.45) is 5.19. The number of ether oxygens (including phenoxy) is 2. The van der Waals surface area contributed by atoms with E-state index in [0.29, 0.717) is 36.1 Å². The quantitative estimate of drug-likeness (QED) is 0.792. The summed E-state index contributed by atoms with van der Waals surface area (Å²) in [4.78, 5) is 14.1. The number of likely N-dealkylation sites (tertiary alicyclic amines) is 1. The van der Waals surface area contributed by atoms with Crippen LogP contribution in [0.4, 0.5) is 4.79 Å². The Labute approximate surface area is 165 Å². The van der Waals surface area contributed by atoms with Crippen molar-refractivity contribution in [3.05, 3.63) is 42.2 Å². The predicted octanol–water partition coefficient (Wildman–Crippen LogP) is 4.19. The Morgan fingerprint density at radius 3 is 2.89 bits per heavy atom. The number of nitriles is 1. The van der Waals surface area contributed by atoms with Gasteiger partial charge in [-0.1, -0.05) is 12.1 Å². The minimum atomic E-state index is -0.488. The zero-order valence-corrected chi connectivity index (χ0v) is 16.6. The van der Waals surface area contributed by atoms with Crippen molar-refractivity contribution < 1.29 is 14.3 Å². The van der Waals surface area contributed by atoms with Crippen LogP contribution in [0, 0.1) is 17.2 Å². The van der Waals surface area contributed by atoms with Crippen molar-refractivity contribution in [1.82, 2.24) is 14.7 Å². The summed E-state index contributed by atoms with van der Waals surface area (Å²) in [5.74, 6) is 1.40. The first-order valence-electron chi connectivity index (χ1n) is 9.51. The number of carbonyl (C=O) groups is 1. The summed E-state index contributed by atoms with van der Waals surface area (Å²) in [5.41, 5.74) is -0.00615. The molecular weight excluding hydrogens is 356 g/mol. The first-order chi connectivity index (χ1) is 13.3. The second kappa shape index (κ2) is 8.34. The van der Waals surface area contributed by atoms with Crippen LogP contribution in [-0.2, 0) is 11.3 Å². The van der Waals surface area contributed by atoms with E-state index in [2.05, 4.69) is 11.2 Å². The number of carbonyl (C=O) groups excluding carboxylic acids is 1. The number of hydrogen-bond acceptors (Lipinski definition) is 5. The highest BCUT2D eigenvalue weighted by Gasteiger charge is 2.28. The molecule has 2 aromatic rings. The molecule has 1 fully saturated rings. The number of aromatic nitrogens is 2. The second-order valence-electron chi connectivity index (χ2n) is 8.04. The third-order valence-electron chi connectivity index (χ3n) is 4.46. The number of rotatable bonds is 4. The molecule has 0 N–H and O–H groups in total. The summed E-state index contributed by atoms with van der Waals surface area (Å²) in [5, 5.41) is 13.5. The Hall–Kier alpha value is -3.01. The van der Waals surface area contributed by atoms with Gasteiger partial charge in [0.05, 0.1) is 18.0 Å². The molecule has 0 bridgehead atoms. The van der Waals surface area contributed by atoms with Crippen LogP contribution >= 0.6 is 0 Å². The van der Waals surface area contributed by atoms with Gasteiger partial charge in [-0.05, 0) is 51.7 Å². The number of piperidine rings is 1. The van der Waals surface area contributed by atoms with Crippen LogP contribution in [0.3, 0.4) is 0 Å². The summed E-state index contributed by atoms with van der Waals surface area (Å²) in [6, 6.07) is 9.22. The van der Waals surface area contributed by atoms with E-state index in [0.717, 1.165) is 19.4 Å². The third-order valence-corrected chi connectivity index (χ3v) is 4.46. The molecule has 1 aromatic heterocycles. The first kappa shape index (κ1) is 19.7. The molecule has 1 amide bonds. The lowest BCUT2D eigenvalue weighted by molar-refractivity contribution is 0.0155. The van der Waals surface area contributed by atoms with Crippen molar-refractivity contribution in [2.45, 2.75) is 45.8 Å². The highest BCUT2D eigenvalue weighted by Crippen LogP contribution is 2.25. The highest BCUT2D eigenvalue weighted by atomic mass is 16.6. The minimum Gasteiger partial charge on any atom is -0.453 e. The van der Waals surface area contributed by atoms with Crippen LogP contribution in [0.1, 0.15) is 39.2 Å². The van der Waals surface area contributed by atoms with E-state index in [1.807, 2.05) is 37.7 Å². The van der Waals surface area contributed by atoms with Crippen LogP contribution in [0.15, 0.2) is 36.7 Å². The topological polar surface area (TPSA) is 80.4 Å². The summed E-state index contributed by atoms with van der Waals surface area (Å²) in [7, 11) is 0. The molecule has 148 valence electrons. The van der Waals surface area contributed by atoms with E-state index in [-0.39, 0.29) is 6.09 Å². The van der Waals surface area contributed by atoms with Gasteiger partial charge in [0, 0.05) is 19.6 Å². The van der Waals surface area contributed by atoms with Gasteiger partial charge in [0.2, 0.25) is 0 Å². The van der Waals surface area contributed by atoms with Gasteiger partial charge in [-0.25, -0.2) is 4.79 Å². The van der Waals surface area contributed by atoms with Crippen molar-refractivity contribution in [3.63, 3.8) is 0 Å². The van der Waals surface area contributed by atoms with Gasteiger partial charge >= 0.3 is 6.09 Å². The molecule has 7 heteroatoms. The number of amides is 1. The van der Waals surface area contributed by atoms with E-state index < -0.39 is 5.60 Å². The van der Waals surface area contributed by atoms with Crippen molar-refractivity contribution in [2.24, 2.45) is 5.92 Å². The largest absolute Gasteiger partial charge is 0.453 e. The van der Waals surface area contributed by atoms with Gasteiger partial charge < -0.3 is 14.4 Å². The number of benzene rings is 1. The minimum absolute atomic E-state index is 0.255. The van der Waals surface area contributed by atoms with E-state index >= 15 is 0 Å². The van der Waals surface area contributed by atoms with Crippen molar-refractivity contribution in [2.75, 3.05) is 13.1 Å². The standard InChI is InChI=1S/C21H26N4O3/c1-21(2,3)28-20(26)24-10-6-7-16(13-24)14-25-15-18(12-23-25)27-19-9-5-4-8-17(19)11-22/h4-5,8-9,12,15-16H,6-7,10,13-14H2,1-3H3. The summed E-state index contributed by atoms with van der Waals surface area (Å²) >= 11 is 0. The van der Waals surface area contributed by atoms with Crippen LogP contribution in [0.5, 0.6) is 11.5 Å². The molecule has 7 nitrogen and oxygen atoms in total. The van der Waals surface area contributed by atoms with Gasteiger partial charge in [0.15, 0.2) is 5.75 Å². The van der Waals surface area contributed by atoms with E-state index in [9.17, 15) is 4.79 Å². The molecule has 1 aliphatic rings. The van der Waals surface area contributed by atoms with Gasteiger partial charge in [0.25, 0.3) is 0 Å². The fraction of sp³-hybridized carbons (Fsp3) is 0.476. The van der Waals surface area contributed by atoms with Gasteiger partial charge in [-0.3, -0.25) is 4.68 Å². The smallest absolute Gasteiger partial charge is 0.410 e. The third kappa shape index (κ3) is 5.26. The molecule has 0 radical (unpaired) electrons. The molecule has 28 heavy (non-hydrogen) atoms. The number of para-hydroxylation sites is 1. The first-order valence-corrected chi connectivity index (χ1v) is 9.51. The fourth-order valence-corrected chi connectivity index (χ4v) is 3.24. The molecule has 1 aromatic carbocycles. The van der Waals surface area contributed by atoms with Crippen molar-refractivity contribution in [1.29, 1.82) is 5.26 Å². The lowest BCUT2D eigenvalue weighted by atomic mass is 9.98. The summed E-state index contributed by atoms with van der Waals surface area (Å²) < 4.78 is 13.1. The molecule has 1 aliphatic heterocycles. The molecule has 1 unspecified atom stereocenters. The average Bonchev–Trinajstić information content (AvgIpc) is 3.08. The predicted molar refractivity (Wildman–Crippen MR) is 104 cm³/mol. The van der Waals surface area contributed by atoms with Crippen LogP contribution < -0.4 is 4.74 Å². The summed E-state index contributed by atoms with van der Waals surface area (Å²) in [6.45, 7) is 7.71. The zero-order chi connectivity index (χ0) is 20.1. The molecule has 1 saturated heterocycles. The van der Waals surface area contributed by atoms with E-state index in [1.54, 1.807) is 29.3 Å². The zero-order valence-electron chi connectivity index (χ0n) is 16.6. The van der Waals surface area contributed by atoms with Crippen molar-refractivity contribution in [3.8, 4) is 17.6 Å². The lowest BCUT2D eigenvalue weighted by Crippen LogP contribution is -2.43. The second-order valence-corrected chi connectivity index (χ2v) is 8.04. The molecule has 3 rings (SSSR count). The SMILES string of the molecule is CC(C)(C)OC(=O)N1CCCC(Cn2cc(Oc3ccccc3C#N)cn2)C1. The van der Waals surface area contributed by atoms with Crippen LogP contribution in [0.25, 0.3) is 0 Å². The fourth-order valence-electron chi connectivity index (χ4n) is 3.24. The van der Waals surface area contributed by atoms with Crippen molar-refractivity contribution >= 4 is 6.09 Å². The maximum atomic E-state index is 12.3.